The van der Waals surface area contributed by atoms with Crippen LogP contribution in [0.1, 0.15) is 59.8 Å². The van der Waals surface area contributed by atoms with Crippen molar-refractivity contribution in [1.82, 2.24) is 4.90 Å². The number of carbonyl (C=O) groups excluding carboxylic acids is 1. The van der Waals surface area contributed by atoms with E-state index in [2.05, 4.69) is 20.8 Å². The number of rotatable bonds is 5. The molecule has 110 valence electrons. The van der Waals surface area contributed by atoms with E-state index >= 15 is 0 Å². The van der Waals surface area contributed by atoms with Crippen molar-refractivity contribution in [2.45, 2.75) is 65.3 Å². The Labute approximate surface area is 116 Å². The molecular weight excluding hydrogens is 242 g/mol. The van der Waals surface area contributed by atoms with Crippen LogP contribution >= 0.6 is 0 Å². The van der Waals surface area contributed by atoms with Crippen LogP contribution < -0.4 is 0 Å². The lowest BCUT2D eigenvalue weighted by Crippen LogP contribution is -2.56. The average molecular weight is 269 g/mol. The first kappa shape index (κ1) is 16.0. The topological polar surface area (TPSA) is 57.6 Å². The summed E-state index contributed by atoms with van der Waals surface area (Å²) in [6.07, 6.45) is 4.41. The summed E-state index contributed by atoms with van der Waals surface area (Å²) in [5.74, 6) is -0.310. The number of nitrogens with zero attached hydrogens (tertiary/aromatic N) is 1. The third kappa shape index (κ3) is 3.28. The second-order valence-electron chi connectivity index (χ2n) is 6.78. The number of amides is 1. The molecule has 1 fully saturated rings. The number of carboxylic acids is 1. The Morgan fingerprint density at radius 1 is 1.37 bits per heavy atom. The quantitative estimate of drug-likeness (QED) is 0.781. The number of carbonyl (C=O) groups is 2. The predicted molar refractivity (Wildman–Crippen MR) is 74.8 cm³/mol. The minimum atomic E-state index is -0.973. The van der Waals surface area contributed by atoms with Gasteiger partial charge in [0.1, 0.15) is 5.54 Å². The minimum Gasteiger partial charge on any atom is -0.479 e. The predicted octanol–water partition coefficient (Wildman–Crippen LogP) is 2.91. The van der Waals surface area contributed by atoms with Gasteiger partial charge in [-0.3, -0.25) is 4.79 Å². The van der Waals surface area contributed by atoms with Gasteiger partial charge in [-0.15, -0.1) is 0 Å². The summed E-state index contributed by atoms with van der Waals surface area (Å²) >= 11 is 0. The fourth-order valence-electron chi connectivity index (χ4n) is 3.19. The Bertz CT molecular complexity index is 325. The van der Waals surface area contributed by atoms with Gasteiger partial charge in [-0.2, -0.15) is 0 Å². The van der Waals surface area contributed by atoms with Gasteiger partial charge in [0.2, 0.25) is 6.41 Å². The Kier molecular flexibility index (Phi) is 4.99. The zero-order chi connectivity index (χ0) is 14.7. The normalized spacial score (nSPS) is 27.9. The Hall–Kier alpha value is -1.06. The first-order valence-electron chi connectivity index (χ1n) is 7.23. The van der Waals surface area contributed by atoms with Crippen molar-refractivity contribution in [3.63, 3.8) is 0 Å². The maximum Gasteiger partial charge on any atom is 0.329 e. The lowest BCUT2D eigenvalue weighted by molar-refractivity contribution is -0.159. The molecule has 4 nitrogen and oxygen atoms in total. The molecule has 1 amide bonds. The first-order chi connectivity index (χ1) is 8.78. The molecule has 0 unspecified atom stereocenters. The zero-order valence-corrected chi connectivity index (χ0v) is 12.6. The largest absolute Gasteiger partial charge is 0.479 e. The smallest absolute Gasteiger partial charge is 0.329 e. The van der Waals surface area contributed by atoms with E-state index in [0.29, 0.717) is 25.3 Å². The highest BCUT2D eigenvalue weighted by Gasteiger charge is 2.47. The van der Waals surface area contributed by atoms with E-state index < -0.39 is 11.5 Å². The summed E-state index contributed by atoms with van der Waals surface area (Å²) in [5, 5.41) is 9.61. The maximum atomic E-state index is 11.7. The number of aliphatic carboxylic acids is 1. The highest BCUT2D eigenvalue weighted by molar-refractivity contribution is 5.81. The van der Waals surface area contributed by atoms with Crippen LogP contribution in [0.15, 0.2) is 0 Å². The highest BCUT2D eigenvalue weighted by atomic mass is 16.4. The van der Waals surface area contributed by atoms with Crippen molar-refractivity contribution in [2.24, 2.45) is 11.3 Å². The van der Waals surface area contributed by atoms with Gasteiger partial charge < -0.3 is 10.0 Å². The van der Waals surface area contributed by atoms with Crippen LogP contribution in [0.3, 0.4) is 0 Å². The molecule has 1 rings (SSSR count). The van der Waals surface area contributed by atoms with Gasteiger partial charge in [0, 0.05) is 6.54 Å². The molecule has 0 aliphatic heterocycles. The summed E-state index contributed by atoms with van der Waals surface area (Å²) in [6.45, 7) is 9.10. The SMILES string of the molecule is CCCN(C=O)C1(C(=O)O)CCC(C(C)(C)C)CC1. The van der Waals surface area contributed by atoms with Gasteiger partial charge in [0.25, 0.3) is 0 Å². The van der Waals surface area contributed by atoms with Crippen molar-refractivity contribution >= 4 is 12.4 Å². The zero-order valence-electron chi connectivity index (χ0n) is 12.6. The van der Waals surface area contributed by atoms with E-state index in [0.717, 1.165) is 25.7 Å². The molecule has 0 aromatic carbocycles. The number of hydrogen-bond acceptors (Lipinski definition) is 2. The van der Waals surface area contributed by atoms with Crippen LogP contribution in [0.4, 0.5) is 0 Å². The van der Waals surface area contributed by atoms with E-state index in [1.165, 1.54) is 4.90 Å². The Morgan fingerprint density at radius 3 is 2.21 bits per heavy atom. The average Bonchev–Trinajstić information content (AvgIpc) is 2.34. The maximum absolute atomic E-state index is 11.7. The third-order valence-corrected chi connectivity index (χ3v) is 4.58. The molecule has 0 saturated heterocycles. The fourth-order valence-corrected chi connectivity index (χ4v) is 3.19. The van der Waals surface area contributed by atoms with Gasteiger partial charge in [0.15, 0.2) is 0 Å². The number of carboxylic acid groups (broad SMARTS) is 1. The summed E-state index contributed by atoms with van der Waals surface area (Å²) in [6, 6.07) is 0. The molecule has 0 radical (unpaired) electrons. The van der Waals surface area contributed by atoms with E-state index in [1.807, 2.05) is 6.92 Å². The molecule has 19 heavy (non-hydrogen) atoms. The van der Waals surface area contributed by atoms with Crippen LogP contribution in [-0.4, -0.2) is 34.5 Å². The Morgan fingerprint density at radius 2 is 1.89 bits per heavy atom. The summed E-state index contributed by atoms with van der Waals surface area (Å²) < 4.78 is 0. The molecule has 0 spiro atoms. The second-order valence-corrected chi connectivity index (χ2v) is 6.78. The summed E-state index contributed by atoms with van der Waals surface area (Å²) in [5.41, 5.74) is -0.763. The molecule has 1 N–H and O–H groups in total. The number of hydrogen-bond donors (Lipinski definition) is 1. The summed E-state index contributed by atoms with van der Waals surface area (Å²) in [4.78, 5) is 24.5. The lowest BCUT2D eigenvalue weighted by Gasteiger charge is -2.46. The van der Waals surface area contributed by atoms with E-state index in [9.17, 15) is 14.7 Å². The van der Waals surface area contributed by atoms with Gasteiger partial charge in [0.05, 0.1) is 0 Å². The van der Waals surface area contributed by atoms with Gasteiger partial charge >= 0.3 is 5.97 Å². The molecule has 0 atom stereocenters. The summed E-state index contributed by atoms with van der Waals surface area (Å²) in [7, 11) is 0. The third-order valence-electron chi connectivity index (χ3n) is 4.58. The van der Waals surface area contributed by atoms with E-state index in [-0.39, 0.29) is 5.41 Å². The highest BCUT2D eigenvalue weighted by Crippen LogP contribution is 2.43. The fraction of sp³-hybridized carbons (Fsp3) is 0.867. The monoisotopic (exact) mass is 269 g/mol. The van der Waals surface area contributed by atoms with Crippen molar-refractivity contribution in [3.05, 3.63) is 0 Å². The van der Waals surface area contributed by atoms with E-state index in [4.69, 9.17) is 0 Å². The first-order valence-corrected chi connectivity index (χ1v) is 7.23. The molecule has 0 heterocycles. The van der Waals surface area contributed by atoms with Crippen LogP contribution in [0.2, 0.25) is 0 Å². The van der Waals surface area contributed by atoms with Gasteiger partial charge in [-0.25, -0.2) is 4.79 Å². The molecule has 4 heteroatoms. The van der Waals surface area contributed by atoms with Crippen molar-refractivity contribution in [3.8, 4) is 0 Å². The molecule has 0 bridgehead atoms. The van der Waals surface area contributed by atoms with Crippen molar-refractivity contribution in [1.29, 1.82) is 0 Å². The lowest BCUT2D eigenvalue weighted by atomic mass is 9.67. The van der Waals surface area contributed by atoms with Gasteiger partial charge in [-0.05, 0) is 43.4 Å². The standard InChI is InChI=1S/C15H27NO3/c1-5-10-16(11-17)15(13(18)19)8-6-12(7-9-15)14(2,3)4/h11-12H,5-10H2,1-4H3,(H,18,19). The molecule has 1 aliphatic carbocycles. The van der Waals surface area contributed by atoms with Crippen LogP contribution in [0.5, 0.6) is 0 Å². The molecular formula is C15H27NO3. The molecule has 0 aromatic rings. The van der Waals surface area contributed by atoms with E-state index in [1.54, 1.807) is 0 Å². The van der Waals surface area contributed by atoms with Crippen LogP contribution in [-0.2, 0) is 9.59 Å². The van der Waals surface area contributed by atoms with Crippen molar-refractivity contribution in [2.75, 3.05) is 6.54 Å². The molecule has 0 aromatic heterocycles. The van der Waals surface area contributed by atoms with Crippen molar-refractivity contribution < 1.29 is 14.7 Å². The van der Waals surface area contributed by atoms with Gasteiger partial charge in [-0.1, -0.05) is 27.7 Å². The molecule has 1 aliphatic rings. The minimum absolute atomic E-state index is 0.210. The Balaban J connectivity index is 2.88. The van der Waals surface area contributed by atoms with Crippen LogP contribution in [0.25, 0.3) is 0 Å². The second kappa shape index (κ2) is 5.93. The molecule has 1 saturated carbocycles. The van der Waals surface area contributed by atoms with Crippen LogP contribution in [0, 0.1) is 11.3 Å².